The minimum Gasteiger partial charge on any atom is -0.386 e. The van der Waals surface area contributed by atoms with Gasteiger partial charge in [0.15, 0.2) is 0 Å². The van der Waals surface area contributed by atoms with Crippen molar-refractivity contribution in [1.29, 1.82) is 0 Å². The van der Waals surface area contributed by atoms with Crippen LogP contribution in [0.1, 0.15) is 81.3 Å². The average Bonchev–Trinajstić information content (AvgIpc) is 2.88. The Labute approximate surface area is 213 Å². The molecular weight excluding hydrogens is 459 g/mol. The van der Waals surface area contributed by atoms with Gasteiger partial charge in [0, 0.05) is 24.1 Å². The number of rotatable bonds is 4. The standard InChI is InChI=1S/C24H27FN2O3.2C2H6.CH2O/c1-12-14-7-6-8-15-13(2)22(26-19(21(14)15)10-18(12)25)20-9-17(24(3,4)29)16(11-30-5)23(28)27-20;3*1-2/h9-10,29H,6-8,11H2,1-5H3,(H,27,28);2*1-2H3;1H2. The van der Waals surface area contributed by atoms with Crippen LogP contribution in [0, 0.1) is 19.7 Å². The monoisotopic (exact) mass is 500 g/mol. The summed E-state index contributed by atoms with van der Waals surface area (Å²) in [6.07, 6.45) is 2.69. The van der Waals surface area contributed by atoms with Crippen molar-refractivity contribution < 1.29 is 19.0 Å². The number of pyridine rings is 2. The summed E-state index contributed by atoms with van der Waals surface area (Å²) in [5.41, 5.74) is 4.93. The van der Waals surface area contributed by atoms with E-state index in [0.717, 1.165) is 41.3 Å². The van der Waals surface area contributed by atoms with Gasteiger partial charge in [-0.15, -0.1) is 0 Å². The van der Waals surface area contributed by atoms with Crippen LogP contribution in [0.3, 0.4) is 0 Å². The second kappa shape index (κ2) is 13.4. The highest BCUT2D eigenvalue weighted by atomic mass is 19.1. The second-order valence-corrected chi connectivity index (χ2v) is 8.67. The molecule has 1 aliphatic rings. The Morgan fingerprint density at radius 2 is 1.64 bits per heavy atom. The van der Waals surface area contributed by atoms with E-state index in [1.54, 1.807) is 19.9 Å². The predicted octanol–water partition coefficient (Wildman–Crippen LogP) is 6.08. The van der Waals surface area contributed by atoms with Gasteiger partial charge in [-0.25, -0.2) is 9.37 Å². The highest BCUT2D eigenvalue weighted by Crippen LogP contribution is 2.38. The van der Waals surface area contributed by atoms with Crippen LogP contribution in [0.2, 0.25) is 0 Å². The van der Waals surface area contributed by atoms with Crippen LogP contribution in [0.4, 0.5) is 4.39 Å². The molecule has 4 rings (SSSR count). The molecule has 2 aromatic heterocycles. The molecule has 0 saturated carbocycles. The Morgan fingerprint density at radius 3 is 2.17 bits per heavy atom. The van der Waals surface area contributed by atoms with Crippen molar-refractivity contribution >= 4 is 17.7 Å². The zero-order valence-electron chi connectivity index (χ0n) is 23.2. The Balaban J connectivity index is 0.00000101. The maximum atomic E-state index is 14.6. The van der Waals surface area contributed by atoms with E-state index in [-0.39, 0.29) is 18.0 Å². The van der Waals surface area contributed by atoms with Gasteiger partial charge in [-0.3, -0.25) is 4.79 Å². The number of halogens is 1. The van der Waals surface area contributed by atoms with Crippen molar-refractivity contribution in [3.05, 3.63) is 61.7 Å². The van der Waals surface area contributed by atoms with Gasteiger partial charge in [0.2, 0.25) is 0 Å². The van der Waals surface area contributed by atoms with Crippen molar-refractivity contribution in [2.75, 3.05) is 7.11 Å². The first-order chi connectivity index (χ1) is 17.1. The summed E-state index contributed by atoms with van der Waals surface area (Å²) < 4.78 is 19.7. The quantitative estimate of drug-likeness (QED) is 0.453. The van der Waals surface area contributed by atoms with E-state index < -0.39 is 5.60 Å². The van der Waals surface area contributed by atoms with E-state index in [1.165, 1.54) is 13.2 Å². The minimum absolute atomic E-state index is 0.0954. The lowest BCUT2D eigenvalue weighted by atomic mass is 9.84. The molecule has 0 spiro atoms. The summed E-state index contributed by atoms with van der Waals surface area (Å²) in [5, 5.41) is 11.7. The number of carbonyl (C=O) groups excluding carboxylic acids is 1. The normalized spacial score (nSPS) is 12.0. The first-order valence-electron chi connectivity index (χ1n) is 12.5. The number of hydrogen-bond donors (Lipinski definition) is 2. The summed E-state index contributed by atoms with van der Waals surface area (Å²) in [6, 6.07) is 3.25. The molecule has 3 aromatic rings. The molecule has 0 radical (unpaired) electrons. The molecule has 0 unspecified atom stereocenters. The zero-order valence-corrected chi connectivity index (χ0v) is 23.2. The number of methoxy groups -OCH3 is 1. The van der Waals surface area contributed by atoms with E-state index >= 15 is 0 Å². The fourth-order valence-electron chi connectivity index (χ4n) is 4.62. The van der Waals surface area contributed by atoms with Crippen LogP contribution in [0.5, 0.6) is 0 Å². The molecule has 36 heavy (non-hydrogen) atoms. The molecule has 1 aliphatic carbocycles. The van der Waals surface area contributed by atoms with Crippen LogP contribution < -0.4 is 5.56 Å². The molecule has 198 valence electrons. The van der Waals surface area contributed by atoms with Gasteiger partial charge < -0.3 is 19.6 Å². The number of aromatic nitrogens is 2. The molecule has 1 aromatic carbocycles. The zero-order chi connectivity index (χ0) is 27.8. The van der Waals surface area contributed by atoms with E-state index in [1.807, 2.05) is 48.3 Å². The van der Waals surface area contributed by atoms with Gasteiger partial charge in [0.05, 0.1) is 29.1 Å². The topological polar surface area (TPSA) is 92.3 Å². The van der Waals surface area contributed by atoms with Gasteiger partial charge in [0.1, 0.15) is 12.6 Å². The molecule has 2 heterocycles. The molecule has 0 amide bonds. The fraction of sp³-hybridized carbons (Fsp3) is 0.483. The maximum absolute atomic E-state index is 14.6. The van der Waals surface area contributed by atoms with E-state index in [4.69, 9.17) is 14.5 Å². The Hall–Kier alpha value is -2.90. The lowest BCUT2D eigenvalue weighted by Gasteiger charge is -2.24. The third-order valence-electron chi connectivity index (χ3n) is 6.17. The molecule has 0 aliphatic heterocycles. The molecule has 0 bridgehead atoms. The highest BCUT2D eigenvalue weighted by molar-refractivity contribution is 5.91. The number of aryl methyl sites for hydroxylation is 2. The van der Waals surface area contributed by atoms with Crippen molar-refractivity contribution in [3.8, 4) is 11.4 Å². The molecule has 2 N–H and O–H groups in total. The van der Waals surface area contributed by atoms with Crippen LogP contribution in [-0.2, 0) is 34.6 Å². The lowest BCUT2D eigenvalue weighted by molar-refractivity contribution is -0.0980. The SMILES string of the molecule is C=O.CC.CC.COCc1c(C(C)(C)O)cc(-c2nc3cc(F)c(C)c4c3c(c2C)CCC4)[nH]c1=O. The molecule has 0 fully saturated rings. The number of aromatic amines is 1. The molecule has 6 nitrogen and oxygen atoms in total. The summed E-state index contributed by atoms with van der Waals surface area (Å²) in [5.74, 6) is -0.256. The first-order valence-corrected chi connectivity index (χ1v) is 12.5. The number of benzene rings is 1. The molecule has 7 heteroatoms. The number of H-pyrrole nitrogens is 1. The summed E-state index contributed by atoms with van der Waals surface area (Å²) in [6.45, 7) is 17.2. The van der Waals surface area contributed by atoms with Crippen molar-refractivity contribution in [1.82, 2.24) is 9.97 Å². The summed E-state index contributed by atoms with van der Waals surface area (Å²) in [7, 11) is 1.51. The van der Waals surface area contributed by atoms with Crippen LogP contribution in [0.25, 0.3) is 22.3 Å². The Bertz CT molecular complexity index is 1240. The number of ether oxygens (including phenoxy) is 1. The van der Waals surface area contributed by atoms with Crippen LogP contribution >= 0.6 is 0 Å². The van der Waals surface area contributed by atoms with E-state index in [9.17, 15) is 14.3 Å². The Kier molecular flexibility index (Phi) is 11.6. The Morgan fingerprint density at radius 1 is 1.08 bits per heavy atom. The van der Waals surface area contributed by atoms with Gasteiger partial charge in [0.25, 0.3) is 5.56 Å². The van der Waals surface area contributed by atoms with Gasteiger partial charge in [-0.2, -0.15) is 0 Å². The minimum atomic E-state index is -1.23. The average molecular weight is 501 g/mol. The van der Waals surface area contributed by atoms with Gasteiger partial charge >= 0.3 is 0 Å². The number of carbonyl (C=O) groups is 1. The van der Waals surface area contributed by atoms with E-state index in [0.29, 0.717) is 33.6 Å². The summed E-state index contributed by atoms with van der Waals surface area (Å²) >= 11 is 0. The smallest absolute Gasteiger partial charge is 0.254 e. The molecular formula is C29H41FN2O4. The molecule has 0 atom stereocenters. The van der Waals surface area contributed by atoms with Crippen molar-refractivity contribution in [3.63, 3.8) is 0 Å². The van der Waals surface area contributed by atoms with Crippen LogP contribution in [-0.4, -0.2) is 29.0 Å². The van der Waals surface area contributed by atoms with Gasteiger partial charge in [-0.1, -0.05) is 27.7 Å². The lowest BCUT2D eigenvalue weighted by Crippen LogP contribution is -2.26. The molecule has 0 saturated heterocycles. The summed E-state index contributed by atoms with van der Waals surface area (Å²) in [4.78, 5) is 28.5. The largest absolute Gasteiger partial charge is 0.386 e. The third kappa shape index (κ3) is 6.08. The number of aliphatic hydroxyl groups is 1. The van der Waals surface area contributed by atoms with Crippen molar-refractivity contribution in [2.45, 2.75) is 86.9 Å². The fourth-order valence-corrected chi connectivity index (χ4v) is 4.62. The predicted molar refractivity (Wildman–Crippen MR) is 145 cm³/mol. The number of nitrogens with zero attached hydrogens (tertiary/aromatic N) is 1. The third-order valence-corrected chi connectivity index (χ3v) is 6.17. The van der Waals surface area contributed by atoms with Crippen molar-refractivity contribution in [2.24, 2.45) is 0 Å². The number of hydrogen-bond acceptors (Lipinski definition) is 5. The second-order valence-electron chi connectivity index (χ2n) is 8.67. The van der Waals surface area contributed by atoms with Gasteiger partial charge in [-0.05, 0) is 80.8 Å². The maximum Gasteiger partial charge on any atom is 0.254 e. The van der Waals surface area contributed by atoms with E-state index in [2.05, 4.69) is 4.98 Å². The highest BCUT2D eigenvalue weighted by Gasteiger charge is 2.26. The van der Waals surface area contributed by atoms with Crippen LogP contribution in [0.15, 0.2) is 16.9 Å². The number of nitrogens with one attached hydrogen (secondary N) is 1. The first kappa shape index (κ1) is 31.1.